The zero-order valence-corrected chi connectivity index (χ0v) is 40.4. The van der Waals surface area contributed by atoms with Gasteiger partial charge >= 0.3 is 0 Å². The fourth-order valence-electron chi connectivity index (χ4n) is 8.57. The summed E-state index contributed by atoms with van der Waals surface area (Å²) in [6.07, 6.45) is 16.7. The van der Waals surface area contributed by atoms with Crippen LogP contribution in [-0.2, 0) is 22.5 Å². The topological polar surface area (TPSA) is 32.8 Å². The van der Waals surface area contributed by atoms with Crippen molar-refractivity contribution in [3.8, 4) is 40.4 Å². The molecule has 8 heteroatoms. The molecule has 0 aliphatic carbocycles. The minimum absolute atomic E-state index is 0.0866. The lowest BCUT2D eigenvalue weighted by Crippen LogP contribution is -2.33. The van der Waals surface area contributed by atoms with Gasteiger partial charge in [0.2, 0.25) is 0 Å². The highest BCUT2D eigenvalue weighted by Crippen LogP contribution is 2.46. The smallest absolute Gasteiger partial charge is 0.260 e. The van der Waals surface area contributed by atoms with E-state index < -0.39 is 0 Å². The molecule has 0 saturated heterocycles. The van der Waals surface area contributed by atoms with E-state index in [1.165, 1.54) is 114 Å². The second-order valence-corrected chi connectivity index (χ2v) is 21.2. The van der Waals surface area contributed by atoms with E-state index in [1.54, 1.807) is 0 Å². The van der Waals surface area contributed by atoms with Crippen LogP contribution in [0.1, 0.15) is 126 Å². The van der Waals surface area contributed by atoms with Gasteiger partial charge in [-0.3, -0.25) is 14.7 Å². The van der Waals surface area contributed by atoms with E-state index in [0.29, 0.717) is 13.2 Å². The summed E-state index contributed by atoms with van der Waals surface area (Å²) in [6, 6.07) is 36.0. The fraction of sp³-hybridized carbons (Fsp3) is 0.389. The van der Waals surface area contributed by atoms with Crippen molar-refractivity contribution < 1.29 is 9.63 Å². The van der Waals surface area contributed by atoms with E-state index in [-0.39, 0.29) is 5.91 Å². The van der Waals surface area contributed by atoms with Crippen molar-refractivity contribution in [2.45, 2.75) is 118 Å². The number of hydroxylamine groups is 2. The molecule has 0 unspecified atom stereocenters. The Kier molecular flexibility index (Phi) is 15.5. The average molecular weight is 899 g/mol. The van der Waals surface area contributed by atoms with E-state index in [4.69, 9.17) is 4.84 Å². The first-order valence-electron chi connectivity index (χ1n) is 23.3. The molecule has 6 aromatic rings. The quantitative estimate of drug-likeness (QED) is 0.0637. The summed E-state index contributed by atoms with van der Waals surface area (Å²) in [4.78, 5) is 34.3. The number of thiophene rings is 4. The number of fused-ring (bicyclic) bond motifs is 1. The van der Waals surface area contributed by atoms with Crippen molar-refractivity contribution in [3.05, 3.63) is 129 Å². The van der Waals surface area contributed by atoms with Crippen LogP contribution in [0.5, 0.6) is 0 Å². The molecule has 1 amide bonds. The molecule has 6 heterocycles. The van der Waals surface area contributed by atoms with Crippen LogP contribution >= 0.6 is 45.3 Å². The van der Waals surface area contributed by atoms with E-state index in [1.807, 2.05) is 55.3 Å². The van der Waals surface area contributed by atoms with Gasteiger partial charge in [0.1, 0.15) is 6.61 Å². The van der Waals surface area contributed by atoms with Gasteiger partial charge < -0.3 is 4.90 Å². The lowest BCUT2D eigenvalue weighted by molar-refractivity contribution is -0.125. The maximum Gasteiger partial charge on any atom is 0.260 e. The normalized spacial score (nSPS) is 14.2. The number of carbonyl (C=O) groups is 1. The first kappa shape index (κ1) is 44.6. The molecule has 8 rings (SSSR count). The number of nitrogens with zero attached hydrogens (tertiary/aromatic N) is 2. The highest BCUT2D eigenvalue weighted by molar-refractivity contribution is 7.24. The van der Waals surface area contributed by atoms with Gasteiger partial charge in [-0.25, -0.2) is 0 Å². The van der Waals surface area contributed by atoms with Crippen molar-refractivity contribution in [3.63, 3.8) is 0 Å². The predicted molar refractivity (Wildman–Crippen MR) is 270 cm³/mol. The third-order valence-corrected chi connectivity index (χ3v) is 17.0. The largest absolute Gasteiger partial charge is 0.307 e. The summed E-state index contributed by atoms with van der Waals surface area (Å²) in [5, 5.41) is 2.01. The first-order valence-corrected chi connectivity index (χ1v) is 26.6. The van der Waals surface area contributed by atoms with E-state index in [2.05, 4.69) is 125 Å². The second-order valence-electron chi connectivity index (χ2n) is 16.7. The van der Waals surface area contributed by atoms with Gasteiger partial charge in [-0.1, -0.05) is 128 Å². The van der Waals surface area contributed by atoms with Crippen LogP contribution in [0.4, 0.5) is 0 Å². The van der Waals surface area contributed by atoms with Gasteiger partial charge in [0.25, 0.3) is 5.91 Å². The molecule has 0 N–H and O–H groups in total. The Hall–Kier alpha value is -4.05. The standard InChI is InChI=1S/C54H62N2O2S4/c1-5-9-13-15-17-42-27-29-47(59-42)49-33-31-45(61-49)38-19-23-40(24-20-38)52-44-37-58-56(36-12-8-4)53(51(44)54(57)55(52)35-11-7-3)41-25-21-39(22-26-41)46-32-34-50(62-46)48-30-28-43(60-48)18-16-14-10-6-2/h19-34H,5-18,35-37H2,1-4H3. The molecule has 0 spiro atoms. The van der Waals surface area contributed by atoms with Crippen LogP contribution in [0, 0.1) is 0 Å². The van der Waals surface area contributed by atoms with Crippen molar-refractivity contribution in [2.24, 2.45) is 0 Å². The second kappa shape index (κ2) is 21.6. The Morgan fingerprint density at radius 2 is 0.887 bits per heavy atom. The number of rotatable bonds is 22. The molecule has 62 heavy (non-hydrogen) atoms. The van der Waals surface area contributed by atoms with E-state index in [0.717, 1.165) is 65.9 Å². The number of unbranched alkanes of at least 4 members (excludes halogenated alkanes) is 8. The number of hydrogen-bond donors (Lipinski definition) is 0. The van der Waals surface area contributed by atoms with Crippen molar-refractivity contribution >= 4 is 62.6 Å². The lowest BCUT2D eigenvalue weighted by atomic mass is 9.96. The molecule has 2 aliphatic heterocycles. The predicted octanol–water partition coefficient (Wildman–Crippen LogP) is 16.7. The van der Waals surface area contributed by atoms with Gasteiger partial charge in [0, 0.05) is 63.2 Å². The van der Waals surface area contributed by atoms with Gasteiger partial charge in [-0.15, -0.1) is 45.3 Å². The molecular weight excluding hydrogens is 837 g/mol. The average Bonchev–Trinajstić information content (AvgIpc) is 4.17. The fourth-order valence-corrected chi connectivity index (χ4v) is 12.9. The summed E-state index contributed by atoms with van der Waals surface area (Å²) in [5.41, 5.74) is 8.15. The van der Waals surface area contributed by atoms with Crippen LogP contribution in [0.2, 0.25) is 0 Å². The van der Waals surface area contributed by atoms with Gasteiger partial charge in [-0.2, -0.15) is 0 Å². The van der Waals surface area contributed by atoms with Crippen molar-refractivity contribution in [1.29, 1.82) is 0 Å². The Labute approximate surface area is 386 Å². The van der Waals surface area contributed by atoms with Crippen LogP contribution < -0.4 is 0 Å². The van der Waals surface area contributed by atoms with Gasteiger partial charge in [0.15, 0.2) is 0 Å². The van der Waals surface area contributed by atoms with Crippen LogP contribution in [-0.4, -0.2) is 35.6 Å². The maximum atomic E-state index is 14.8. The highest BCUT2D eigenvalue weighted by atomic mass is 32.1. The van der Waals surface area contributed by atoms with Crippen LogP contribution in [0.25, 0.3) is 51.8 Å². The molecule has 2 aromatic carbocycles. The molecular formula is C54H62N2O2S4. The maximum absolute atomic E-state index is 14.8. The number of amides is 1. The summed E-state index contributed by atoms with van der Waals surface area (Å²) in [5.74, 6) is 0.0866. The molecule has 0 atom stereocenters. The minimum atomic E-state index is 0.0866. The van der Waals surface area contributed by atoms with Gasteiger partial charge in [0.05, 0.1) is 17.0 Å². The van der Waals surface area contributed by atoms with E-state index in [9.17, 15) is 4.79 Å². The highest BCUT2D eigenvalue weighted by Gasteiger charge is 2.42. The molecule has 2 aliphatic rings. The van der Waals surface area contributed by atoms with Crippen LogP contribution in [0.3, 0.4) is 0 Å². The molecule has 0 saturated carbocycles. The minimum Gasteiger partial charge on any atom is -0.307 e. The zero-order valence-electron chi connectivity index (χ0n) is 37.1. The van der Waals surface area contributed by atoms with E-state index >= 15 is 0 Å². The Bertz CT molecular complexity index is 2460. The van der Waals surface area contributed by atoms with Crippen molar-refractivity contribution in [2.75, 3.05) is 19.7 Å². The van der Waals surface area contributed by atoms with Crippen molar-refractivity contribution in [1.82, 2.24) is 9.96 Å². The number of carbonyl (C=O) groups excluding carboxylic acids is 1. The third-order valence-electron chi connectivity index (χ3n) is 12.1. The summed E-state index contributed by atoms with van der Waals surface area (Å²) >= 11 is 7.61. The SMILES string of the molecule is CCCCCCc1ccc(-c2ccc(-c3ccc(C4=C5C(=O)N(CCCC)C(c6ccc(-c7ccc(-c8ccc(CCCCCC)s8)s7)cc6)=C5CON4CCCC)cc3)s2)s1. The monoisotopic (exact) mass is 898 g/mol. The number of hydrogen-bond acceptors (Lipinski definition) is 7. The van der Waals surface area contributed by atoms with Gasteiger partial charge in [-0.05, 0) is 104 Å². The zero-order chi connectivity index (χ0) is 42.8. The molecule has 0 radical (unpaired) electrons. The first-order chi connectivity index (χ1) is 30.5. The Morgan fingerprint density at radius 3 is 1.40 bits per heavy atom. The molecule has 4 aromatic heterocycles. The molecule has 324 valence electrons. The summed E-state index contributed by atoms with van der Waals surface area (Å²) in [7, 11) is 0. The Balaban J connectivity index is 1.06. The molecule has 4 nitrogen and oxygen atoms in total. The summed E-state index contributed by atoms with van der Waals surface area (Å²) in [6.45, 7) is 10.7. The molecule has 0 fully saturated rings. The lowest BCUT2D eigenvalue weighted by Gasteiger charge is -2.32. The Morgan fingerprint density at radius 1 is 0.452 bits per heavy atom. The number of benzene rings is 2. The third kappa shape index (κ3) is 10.2. The number of aryl methyl sites for hydroxylation is 2. The van der Waals surface area contributed by atoms with Crippen LogP contribution in [0.15, 0.2) is 108 Å². The summed E-state index contributed by atoms with van der Waals surface area (Å²) < 4.78 is 0. The molecule has 0 bridgehead atoms.